The molecule has 0 unspecified atom stereocenters. The molecule has 1 aliphatic carbocycles. The van der Waals surface area contributed by atoms with E-state index in [0.29, 0.717) is 12.6 Å². The summed E-state index contributed by atoms with van der Waals surface area (Å²) in [7, 11) is 0. The van der Waals surface area contributed by atoms with E-state index < -0.39 is 0 Å². The van der Waals surface area contributed by atoms with Gasteiger partial charge in [0, 0.05) is 19.1 Å². The zero-order valence-electron chi connectivity index (χ0n) is 12.2. The van der Waals surface area contributed by atoms with Gasteiger partial charge >= 0.3 is 6.03 Å². The number of carbonyl (C=O) groups excluding carboxylic acids is 1. The maximum absolute atomic E-state index is 12.4. The molecule has 4 heteroatoms. The second kappa shape index (κ2) is 6.98. The van der Waals surface area contributed by atoms with Crippen molar-refractivity contribution in [2.45, 2.75) is 70.9 Å². The second-order valence-corrected chi connectivity index (χ2v) is 5.95. The molecule has 1 fully saturated rings. The molecule has 106 valence electrons. The van der Waals surface area contributed by atoms with E-state index in [1.165, 1.54) is 19.3 Å². The SMILES string of the molecule is CCCN(C(=O)NC1CCCCC1)C(C)(C)CN. The number of nitrogens with one attached hydrogen (secondary N) is 1. The molecule has 0 bridgehead atoms. The van der Waals surface area contributed by atoms with E-state index in [1.807, 2.05) is 18.7 Å². The number of hydrogen-bond acceptors (Lipinski definition) is 2. The van der Waals surface area contributed by atoms with E-state index in [-0.39, 0.29) is 11.6 Å². The number of amides is 2. The van der Waals surface area contributed by atoms with Crippen molar-refractivity contribution < 1.29 is 4.79 Å². The van der Waals surface area contributed by atoms with Crippen molar-refractivity contribution in [2.24, 2.45) is 5.73 Å². The topological polar surface area (TPSA) is 58.4 Å². The molecule has 1 saturated carbocycles. The van der Waals surface area contributed by atoms with Gasteiger partial charge < -0.3 is 16.0 Å². The third-order valence-corrected chi connectivity index (χ3v) is 3.86. The van der Waals surface area contributed by atoms with Gasteiger partial charge in [0.15, 0.2) is 0 Å². The van der Waals surface area contributed by atoms with Crippen LogP contribution >= 0.6 is 0 Å². The molecular weight excluding hydrogens is 226 g/mol. The summed E-state index contributed by atoms with van der Waals surface area (Å²) in [5.74, 6) is 0. The van der Waals surface area contributed by atoms with Crippen LogP contribution < -0.4 is 11.1 Å². The lowest BCUT2D eigenvalue weighted by Crippen LogP contribution is -2.57. The minimum Gasteiger partial charge on any atom is -0.335 e. The van der Waals surface area contributed by atoms with E-state index >= 15 is 0 Å². The van der Waals surface area contributed by atoms with Crippen molar-refractivity contribution in [1.29, 1.82) is 0 Å². The second-order valence-electron chi connectivity index (χ2n) is 5.95. The van der Waals surface area contributed by atoms with E-state index in [1.54, 1.807) is 0 Å². The molecule has 0 aromatic carbocycles. The summed E-state index contributed by atoms with van der Waals surface area (Å²) in [4.78, 5) is 14.3. The first kappa shape index (κ1) is 15.3. The van der Waals surface area contributed by atoms with Crippen molar-refractivity contribution in [3.8, 4) is 0 Å². The van der Waals surface area contributed by atoms with E-state index in [0.717, 1.165) is 25.8 Å². The molecule has 1 aliphatic rings. The van der Waals surface area contributed by atoms with Crippen LogP contribution in [-0.4, -0.2) is 35.6 Å². The number of rotatable bonds is 5. The van der Waals surface area contributed by atoms with Crippen molar-refractivity contribution in [3.05, 3.63) is 0 Å². The van der Waals surface area contributed by atoms with Gasteiger partial charge in [0.05, 0.1) is 5.54 Å². The van der Waals surface area contributed by atoms with Gasteiger partial charge in [-0.05, 0) is 33.1 Å². The van der Waals surface area contributed by atoms with E-state index in [4.69, 9.17) is 5.73 Å². The number of carbonyl (C=O) groups is 1. The molecule has 4 nitrogen and oxygen atoms in total. The Morgan fingerprint density at radius 1 is 1.33 bits per heavy atom. The van der Waals surface area contributed by atoms with Crippen LogP contribution in [0.25, 0.3) is 0 Å². The molecular formula is C14H29N3O. The zero-order valence-corrected chi connectivity index (χ0v) is 12.2. The molecule has 0 aliphatic heterocycles. The van der Waals surface area contributed by atoms with Crippen LogP contribution in [0.4, 0.5) is 4.79 Å². The summed E-state index contributed by atoms with van der Waals surface area (Å²) >= 11 is 0. The van der Waals surface area contributed by atoms with Gasteiger partial charge in [-0.2, -0.15) is 0 Å². The standard InChI is InChI=1S/C14H29N3O/c1-4-10-17(14(2,3)11-15)13(18)16-12-8-6-5-7-9-12/h12H,4-11,15H2,1-3H3,(H,16,18). The average molecular weight is 255 g/mol. The Morgan fingerprint density at radius 3 is 2.44 bits per heavy atom. The normalized spacial score (nSPS) is 17.6. The summed E-state index contributed by atoms with van der Waals surface area (Å²) in [6, 6.07) is 0.415. The molecule has 1 rings (SSSR count). The lowest BCUT2D eigenvalue weighted by Gasteiger charge is -2.39. The highest BCUT2D eigenvalue weighted by Crippen LogP contribution is 2.19. The van der Waals surface area contributed by atoms with Crippen molar-refractivity contribution in [2.75, 3.05) is 13.1 Å². The summed E-state index contributed by atoms with van der Waals surface area (Å²) in [5, 5.41) is 3.18. The largest absolute Gasteiger partial charge is 0.335 e. The predicted octanol–water partition coefficient (Wildman–Crippen LogP) is 2.48. The van der Waals surface area contributed by atoms with E-state index in [2.05, 4.69) is 12.2 Å². The lowest BCUT2D eigenvalue weighted by molar-refractivity contribution is 0.133. The van der Waals surface area contributed by atoms with Gasteiger partial charge in [-0.1, -0.05) is 26.2 Å². The van der Waals surface area contributed by atoms with Crippen molar-refractivity contribution in [1.82, 2.24) is 10.2 Å². The van der Waals surface area contributed by atoms with Gasteiger partial charge in [-0.3, -0.25) is 0 Å². The summed E-state index contributed by atoms with van der Waals surface area (Å²) in [5.41, 5.74) is 5.52. The average Bonchev–Trinajstić information content (AvgIpc) is 2.36. The minimum absolute atomic E-state index is 0.0548. The first-order valence-electron chi connectivity index (χ1n) is 7.29. The monoisotopic (exact) mass is 255 g/mol. The molecule has 0 spiro atoms. The number of nitrogens with two attached hydrogens (primary N) is 1. The Bertz CT molecular complexity index is 260. The molecule has 0 aromatic heterocycles. The highest BCUT2D eigenvalue weighted by Gasteiger charge is 2.30. The Hall–Kier alpha value is -0.770. The Labute approximate surface area is 111 Å². The molecule has 0 atom stereocenters. The van der Waals surface area contributed by atoms with E-state index in [9.17, 15) is 4.79 Å². The van der Waals surface area contributed by atoms with Crippen LogP contribution in [0.15, 0.2) is 0 Å². The Morgan fingerprint density at radius 2 is 1.94 bits per heavy atom. The molecule has 2 amide bonds. The fraction of sp³-hybridized carbons (Fsp3) is 0.929. The van der Waals surface area contributed by atoms with Gasteiger partial charge in [-0.25, -0.2) is 4.79 Å². The molecule has 0 saturated heterocycles. The quantitative estimate of drug-likeness (QED) is 0.793. The molecule has 0 radical (unpaired) electrons. The van der Waals surface area contributed by atoms with Crippen molar-refractivity contribution >= 4 is 6.03 Å². The summed E-state index contributed by atoms with van der Waals surface area (Å²) < 4.78 is 0. The molecule has 0 heterocycles. The summed E-state index contributed by atoms with van der Waals surface area (Å²) in [6.07, 6.45) is 6.97. The van der Waals surface area contributed by atoms with Crippen LogP contribution in [-0.2, 0) is 0 Å². The van der Waals surface area contributed by atoms with Crippen molar-refractivity contribution in [3.63, 3.8) is 0 Å². The fourth-order valence-electron chi connectivity index (χ4n) is 2.51. The van der Waals surface area contributed by atoms with Gasteiger partial charge in [0.2, 0.25) is 0 Å². The first-order valence-corrected chi connectivity index (χ1v) is 7.29. The zero-order chi connectivity index (χ0) is 13.6. The number of urea groups is 1. The highest BCUT2D eigenvalue weighted by atomic mass is 16.2. The molecule has 18 heavy (non-hydrogen) atoms. The maximum atomic E-state index is 12.4. The predicted molar refractivity (Wildman–Crippen MR) is 75.5 cm³/mol. The first-order chi connectivity index (χ1) is 8.51. The number of hydrogen-bond donors (Lipinski definition) is 2. The van der Waals surface area contributed by atoms with Crippen LogP contribution in [0.1, 0.15) is 59.3 Å². The van der Waals surface area contributed by atoms with Crippen LogP contribution in [0.3, 0.4) is 0 Å². The fourth-order valence-corrected chi connectivity index (χ4v) is 2.51. The highest BCUT2D eigenvalue weighted by molar-refractivity contribution is 5.75. The van der Waals surface area contributed by atoms with Crippen LogP contribution in [0.2, 0.25) is 0 Å². The van der Waals surface area contributed by atoms with Gasteiger partial charge in [-0.15, -0.1) is 0 Å². The summed E-state index contributed by atoms with van der Waals surface area (Å²) in [6.45, 7) is 7.41. The van der Waals surface area contributed by atoms with Crippen LogP contribution in [0.5, 0.6) is 0 Å². The molecule has 0 aromatic rings. The van der Waals surface area contributed by atoms with Gasteiger partial charge in [0.1, 0.15) is 0 Å². The lowest BCUT2D eigenvalue weighted by atomic mass is 9.95. The Balaban J connectivity index is 2.58. The molecule has 3 N–H and O–H groups in total. The smallest absolute Gasteiger partial charge is 0.318 e. The third-order valence-electron chi connectivity index (χ3n) is 3.86. The van der Waals surface area contributed by atoms with Crippen LogP contribution in [0, 0.1) is 0 Å². The number of nitrogens with zero attached hydrogens (tertiary/aromatic N) is 1. The maximum Gasteiger partial charge on any atom is 0.318 e. The Kier molecular flexibility index (Phi) is 5.93. The third kappa shape index (κ3) is 4.16. The van der Waals surface area contributed by atoms with Gasteiger partial charge in [0.25, 0.3) is 0 Å². The minimum atomic E-state index is -0.269.